The molecule has 0 heterocycles. The number of hydrogen-bond acceptors (Lipinski definition) is 3. The number of aliphatic hydroxyl groups is 1. The molecule has 0 aliphatic heterocycles. The Morgan fingerprint density at radius 2 is 2.00 bits per heavy atom. The smallest absolute Gasteiger partial charge is 0.320 e. The van der Waals surface area contributed by atoms with Crippen LogP contribution in [0.1, 0.15) is 33.6 Å². The average molecular weight is 203 g/mol. The largest absolute Gasteiger partial charge is 0.480 e. The van der Waals surface area contributed by atoms with E-state index in [1.807, 2.05) is 20.8 Å². The van der Waals surface area contributed by atoms with Gasteiger partial charge in [0.1, 0.15) is 6.04 Å². The molecule has 0 rings (SSSR count). The summed E-state index contributed by atoms with van der Waals surface area (Å²) in [5, 5.41) is 20.9. The van der Waals surface area contributed by atoms with Crippen LogP contribution in [-0.4, -0.2) is 34.9 Å². The Balaban J connectivity index is 4.18. The van der Waals surface area contributed by atoms with Crippen LogP contribution in [0, 0.1) is 5.92 Å². The van der Waals surface area contributed by atoms with Gasteiger partial charge >= 0.3 is 5.97 Å². The molecule has 0 aliphatic rings. The van der Waals surface area contributed by atoms with E-state index < -0.39 is 12.0 Å². The average Bonchev–Trinajstić information content (AvgIpc) is 2.11. The summed E-state index contributed by atoms with van der Waals surface area (Å²) in [5.74, 6) is -0.607. The maximum Gasteiger partial charge on any atom is 0.320 e. The van der Waals surface area contributed by atoms with E-state index >= 15 is 0 Å². The molecular weight excluding hydrogens is 182 g/mol. The molecule has 0 saturated carbocycles. The van der Waals surface area contributed by atoms with Gasteiger partial charge in [0.15, 0.2) is 0 Å². The van der Waals surface area contributed by atoms with Crippen molar-refractivity contribution in [3.8, 4) is 0 Å². The maximum absolute atomic E-state index is 10.8. The zero-order valence-electron chi connectivity index (χ0n) is 9.16. The first-order chi connectivity index (χ1) is 6.52. The lowest BCUT2D eigenvalue weighted by atomic mass is 10.0. The van der Waals surface area contributed by atoms with Gasteiger partial charge in [-0.1, -0.05) is 27.2 Å². The van der Waals surface area contributed by atoms with E-state index in [0.29, 0.717) is 6.42 Å². The summed E-state index contributed by atoms with van der Waals surface area (Å²) in [4.78, 5) is 10.8. The van der Waals surface area contributed by atoms with Crippen molar-refractivity contribution in [2.75, 3.05) is 6.61 Å². The summed E-state index contributed by atoms with van der Waals surface area (Å²) in [6, 6.07) is -0.679. The fourth-order valence-corrected chi connectivity index (χ4v) is 1.28. The molecule has 4 heteroatoms. The molecule has 2 atom stereocenters. The quantitative estimate of drug-likeness (QED) is 0.573. The van der Waals surface area contributed by atoms with E-state index in [-0.39, 0.29) is 18.6 Å². The first kappa shape index (κ1) is 13.4. The molecule has 14 heavy (non-hydrogen) atoms. The van der Waals surface area contributed by atoms with E-state index in [1.54, 1.807) is 0 Å². The fraction of sp³-hybridized carbons (Fsp3) is 0.900. The Kier molecular flexibility index (Phi) is 6.49. The van der Waals surface area contributed by atoms with Gasteiger partial charge in [-0.3, -0.25) is 10.1 Å². The number of nitrogens with one attached hydrogen (secondary N) is 1. The highest BCUT2D eigenvalue weighted by molar-refractivity contribution is 5.73. The van der Waals surface area contributed by atoms with Gasteiger partial charge in [-0.05, 0) is 12.3 Å². The molecule has 0 fully saturated rings. The van der Waals surface area contributed by atoms with Gasteiger partial charge < -0.3 is 10.2 Å². The third-order valence-electron chi connectivity index (χ3n) is 2.29. The Labute approximate surface area is 85.3 Å². The number of rotatable bonds is 7. The summed E-state index contributed by atoms with van der Waals surface area (Å²) in [6.07, 6.45) is 1.42. The SMILES string of the molecule is CCCC(N[C@H](CO)C(C)C)C(=O)O. The molecule has 0 radical (unpaired) electrons. The third-order valence-corrected chi connectivity index (χ3v) is 2.29. The van der Waals surface area contributed by atoms with Crippen molar-refractivity contribution < 1.29 is 15.0 Å². The second-order valence-electron chi connectivity index (χ2n) is 3.88. The summed E-state index contributed by atoms with van der Waals surface area (Å²) in [6.45, 7) is 5.84. The van der Waals surface area contributed by atoms with Crippen LogP contribution in [0.25, 0.3) is 0 Å². The normalized spacial score (nSPS) is 15.5. The molecule has 0 aliphatic carbocycles. The van der Waals surface area contributed by atoms with Crippen molar-refractivity contribution in [2.45, 2.75) is 45.7 Å². The minimum atomic E-state index is -0.842. The van der Waals surface area contributed by atoms with Gasteiger partial charge in [-0.2, -0.15) is 0 Å². The summed E-state index contributed by atoms with van der Waals surface area (Å²) < 4.78 is 0. The van der Waals surface area contributed by atoms with E-state index in [1.165, 1.54) is 0 Å². The monoisotopic (exact) mass is 203 g/mol. The predicted molar refractivity (Wildman–Crippen MR) is 55.2 cm³/mol. The summed E-state index contributed by atoms with van der Waals surface area (Å²) >= 11 is 0. The van der Waals surface area contributed by atoms with Crippen LogP contribution in [0.4, 0.5) is 0 Å². The number of carboxylic acids is 1. The van der Waals surface area contributed by atoms with Gasteiger partial charge in [0.2, 0.25) is 0 Å². The first-order valence-electron chi connectivity index (χ1n) is 5.12. The standard InChI is InChI=1S/C10H21NO3/c1-4-5-8(10(13)14)11-9(6-12)7(2)3/h7-9,11-12H,4-6H2,1-3H3,(H,13,14)/t8?,9-/m1/s1. The molecule has 0 saturated heterocycles. The highest BCUT2D eigenvalue weighted by atomic mass is 16.4. The molecule has 0 aromatic heterocycles. The van der Waals surface area contributed by atoms with Crippen LogP contribution in [0.3, 0.4) is 0 Å². The Morgan fingerprint density at radius 1 is 1.43 bits per heavy atom. The van der Waals surface area contributed by atoms with Gasteiger partial charge in [-0.25, -0.2) is 0 Å². The molecule has 3 N–H and O–H groups in total. The molecule has 1 unspecified atom stereocenters. The van der Waals surface area contributed by atoms with Gasteiger partial charge in [0, 0.05) is 6.04 Å². The zero-order chi connectivity index (χ0) is 11.1. The fourth-order valence-electron chi connectivity index (χ4n) is 1.28. The molecular formula is C10H21NO3. The minimum absolute atomic E-state index is 0.0227. The Hall–Kier alpha value is -0.610. The van der Waals surface area contributed by atoms with Crippen molar-refractivity contribution >= 4 is 5.97 Å². The molecule has 0 aromatic carbocycles. The van der Waals surface area contributed by atoms with Crippen LogP contribution in [-0.2, 0) is 4.79 Å². The number of aliphatic hydroxyl groups excluding tert-OH is 1. The van der Waals surface area contributed by atoms with Crippen molar-refractivity contribution in [1.29, 1.82) is 0 Å². The Bertz CT molecular complexity index is 171. The molecule has 0 bridgehead atoms. The lowest BCUT2D eigenvalue weighted by molar-refractivity contribution is -0.140. The third kappa shape index (κ3) is 4.58. The van der Waals surface area contributed by atoms with Crippen LogP contribution >= 0.6 is 0 Å². The molecule has 0 spiro atoms. The van der Waals surface area contributed by atoms with Crippen molar-refractivity contribution in [2.24, 2.45) is 5.92 Å². The van der Waals surface area contributed by atoms with Crippen molar-refractivity contribution in [3.05, 3.63) is 0 Å². The molecule has 0 amide bonds. The second-order valence-corrected chi connectivity index (χ2v) is 3.88. The predicted octanol–water partition coefficient (Wildman–Crippen LogP) is 0.846. The number of carbonyl (C=O) groups is 1. The topological polar surface area (TPSA) is 69.6 Å². The number of hydrogen-bond donors (Lipinski definition) is 3. The highest BCUT2D eigenvalue weighted by Gasteiger charge is 2.21. The van der Waals surface area contributed by atoms with Gasteiger partial charge in [-0.15, -0.1) is 0 Å². The van der Waals surface area contributed by atoms with Crippen LogP contribution in [0.2, 0.25) is 0 Å². The number of carboxylic acid groups (broad SMARTS) is 1. The van der Waals surface area contributed by atoms with Crippen LogP contribution in [0.5, 0.6) is 0 Å². The van der Waals surface area contributed by atoms with E-state index in [2.05, 4.69) is 5.32 Å². The van der Waals surface area contributed by atoms with Gasteiger partial charge in [0.25, 0.3) is 0 Å². The summed E-state index contributed by atoms with van der Waals surface area (Å²) in [7, 11) is 0. The first-order valence-corrected chi connectivity index (χ1v) is 5.12. The van der Waals surface area contributed by atoms with E-state index in [4.69, 9.17) is 10.2 Å². The summed E-state index contributed by atoms with van der Waals surface area (Å²) in [5.41, 5.74) is 0. The van der Waals surface area contributed by atoms with E-state index in [9.17, 15) is 4.79 Å². The lowest BCUT2D eigenvalue weighted by Gasteiger charge is -2.24. The van der Waals surface area contributed by atoms with Crippen LogP contribution in [0.15, 0.2) is 0 Å². The molecule has 4 nitrogen and oxygen atoms in total. The minimum Gasteiger partial charge on any atom is -0.480 e. The number of aliphatic carboxylic acids is 1. The van der Waals surface area contributed by atoms with E-state index in [0.717, 1.165) is 6.42 Å². The lowest BCUT2D eigenvalue weighted by Crippen LogP contribution is -2.47. The molecule has 0 aromatic rings. The second kappa shape index (κ2) is 6.79. The van der Waals surface area contributed by atoms with Crippen molar-refractivity contribution in [1.82, 2.24) is 5.32 Å². The zero-order valence-corrected chi connectivity index (χ0v) is 9.16. The Morgan fingerprint density at radius 3 is 2.29 bits per heavy atom. The molecule has 84 valence electrons. The van der Waals surface area contributed by atoms with Gasteiger partial charge in [0.05, 0.1) is 6.61 Å². The highest BCUT2D eigenvalue weighted by Crippen LogP contribution is 2.05. The maximum atomic E-state index is 10.8. The van der Waals surface area contributed by atoms with Crippen LogP contribution < -0.4 is 5.32 Å². The van der Waals surface area contributed by atoms with Crippen molar-refractivity contribution in [3.63, 3.8) is 0 Å².